The normalized spacial score (nSPS) is 28.2. The number of hydrogen-bond donors (Lipinski definition) is 1. The summed E-state index contributed by atoms with van der Waals surface area (Å²) in [6, 6.07) is 0.294. The fourth-order valence-corrected chi connectivity index (χ4v) is 2.48. The van der Waals surface area contributed by atoms with E-state index in [2.05, 4.69) is 4.90 Å². The summed E-state index contributed by atoms with van der Waals surface area (Å²) < 4.78 is 27.4. The molecular weight excluding hydrogens is 230 g/mol. The summed E-state index contributed by atoms with van der Waals surface area (Å²) in [7, 11) is -2.87. The number of aliphatic hydroxyl groups excluding tert-OH is 1. The average molecular weight is 251 g/mol. The second-order valence-corrected chi connectivity index (χ2v) is 6.73. The second kappa shape index (κ2) is 5.95. The zero-order valence-electron chi connectivity index (χ0n) is 9.92. The Balaban J connectivity index is 2.34. The van der Waals surface area contributed by atoms with Gasteiger partial charge in [0.2, 0.25) is 0 Å². The van der Waals surface area contributed by atoms with Crippen LogP contribution in [0.25, 0.3) is 0 Å². The fraction of sp³-hybridized carbons (Fsp3) is 1.00. The first-order valence-corrected chi connectivity index (χ1v) is 7.62. The Morgan fingerprint density at radius 2 is 2.19 bits per heavy atom. The standard InChI is InChI=1S/C10H21NO4S/c1-9-8-15-10(7-12)6-11(9)4-3-5-16(2,13)14/h9-10,12H,3-8H2,1-2H3. The van der Waals surface area contributed by atoms with Gasteiger partial charge in [0.15, 0.2) is 0 Å². The SMILES string of the molecule is CC1COC(CO)CN1CCCS(C)(=O)=O. The van der Waals surface area contributed by atoms with Crippen LogP contribution in [0, 0.1) is 0 Å². The fourth-order valence-electron chi connectivity index (χ4n) is 1.83. The van der Waals surface area contributed by atoms with Crippen molar-refractivity contribution in [1.29, 1.82) is 0 Å². The number of aliphatic hydroxyl groups is 1. The molecule has 0 aliphatic carbocycles. The van der Waals surface area contributed by atoms with Gasteiger partial charge < -0.3 is 9.84 Å². The summed E-state index contributed by atoms with van der Waals surface area (Å²) in [5.74, 6) is 0.223. The van der Waals surface area contributed by atoms with Crippen molar-refractivity contribution < 1.29 is 18.3 Å². The Labute approximate surface area is 97.3 Å². The monoisotopic (exact) mass is 251 g/mol. The smallest absolute Gasteiger partial charge is 0.147 e. The zero-order valence-corrected chi connectivity index (χ0v) is 10.7. The molecule has 1 aliphatic heterocycles. The number of sulfone groups is 1. The van der Waals surface area contributed by atoms with Gasteiger partial charge in [-0.3, -0.25) is 4.90 Å². The topological polar surface area (TPSA) is 66.8 Å². The summed E-state index contributed by atoms with van der Waals surface area (Å²) in [5.41, 5.74) is 0. The van der Waals surface area contributed by atoms with Gasteiger partial charge in [0, 0.05) is 18.8 Å². The minimum Gasteiger partial charge on any atom is -0.394 e. The third kappa shape index (κ3) is 4.78. The van der Waals surface area contributed by atoms with Crippen molar-refractivity contribution in [2.24, 2.45) is 0 Å². The molecule has 1 heterocycles. The lowest BCUT2D eigenvalue weighted by molar-refractivity contribution is -0.0775. The molecule has 0 aromatic heterocycles. The molecule has 1 fully saturated rings. The van der Waals surface area contributed by atoms with E-state index in [0.29, 0.717) is 25.6 Å². The molecule has 1 N–H and O–H groups in total. The molecule has 0 aromatic carbocycles. The molecule has 0 aromatic rings. The van der Waals surface area contributed by atoms with Gasteiger partial charge in [0.25, 0.3) is 0 Å². The number of hydrogen-bond acceptors (Lipinski definition) is 5. The molecule has 16 heavy (non-hydrogen) atoms. The maximum Gasteiger partial charge on any atom is 0.147 e. The summed E-state index contributed by atoms with van der Waals surface area (Å²) in [6.45, 7) is 4.10. The van der Waals surface area contributed by atoms with Crippen LogP contribution >= 0.6 is 0 Å². The third-order valence-corrected chi connectivity index (χ3v) is 3.83. The van der Waals surface area contributed by atoms with Gasteiger partial charge in [0.05, 0.1) is 25.1 Å². The summed E-state index contributed by atoms with van der Waals surface area (Å²) in [6.07, 6.45) is 1.77. The van der Waals surface area contributed by atoms with Crippen LogP contribution in [0.3, 0.4) is 0 Å². The van der Waals surface area contributed by atoms with Gasteiger partial charge in [-0.2, -0.15) is 0 Å². The Morgan fingerprint density at radius 1 is 1.50 bits per heavy atom. The van der Waals surface area contributed by atoms with Crippen molar-refractivity contribution in [2.75, 3.05) is 38.3 Å². The second-order valence-electron chi connectivity index (χ2n) is 4.47. The summed E-state index contributed by atoms with van der Waals surface area (Å²) in [4.78, 5) is 2.18. The third-order valence-electron chi connectivity index (χ3n) is 2.80. The maximum atomic E-state index is 11.0. The first-order chi connectivity index (χ1) is 7.42. The highest BCUT2D eigenvalue weighted by Crippen LogP contribution is 2.11. The molecule has 96 valence electrons. The van der Waals surface area contributed by atoms with E-state index < -0.39 is 9.84 Å². The number of nitrogens with zero attached hydrogens (tertiary/aromatic N) is 1. The van der Waals surface area contributed by atoms with Crippen molar-refractivity contribution in [3.8, 4) is 0 Å². The van der Waals surface area contributed by atoms with Crippen LogP contribution in [0.5, 0.6) is 0 Å². The van der Waals surface area contributed by atoms with E-state index in [0.717, 1.165) is 6.54 Å². The first-order valence-electron chi connectivity index (χ1n) is 5.56. The molecule has 0 amide bonds. The van der Waals surface area contributed by atoms with E-state index in [-0.39, 0.29) is 18.5 Å². The molecule has 0 saturated carbocycles. The van der Waals surface area contributed by atoms with E-state index in [9.17, 15) is 8.42 Å². The quantitative estimate of drug-likeness (QED) is 0.714. The lowest BCUT2D eigenvalue weighted by Gasteiger charge is -2.37. The number of morpholine rings is 1. The Morgan fingerprint density at radius 3 is 2.75 bits per heavy atom. The molecule has 0 spiro atoms. The Bertz CT molecular complexity index is 304. The van der Waals surface area contributed by atoms with E-state index in [1.165, 1.54) is 6.26 Å². The Hall–Kier alpha value is -0.170. The van der Waals surface area contributed by atoms with Crippen LogP contribution < -0.4 is 0 Å². The van der Waals surface area contributed by atoms with Crippen LogP contribution in [-0.2, 0) is 14.6 Å². The number of rotatable bonds is 5. The van der Waals surface area contributed by atoms with Crippen LogP contribution in [0.4, 0.5) is 0 Å². The minimum atomic E-state index is -2.87. The van der Waals surface area contributed by atoms with Crippen LogP contribution in [0.2, 0.25) is 0 Å². The van der Waals surface area contributed by atoms with Crippen molar-refractivity contribution in [3.05, 3.63) is 0 Å². The van der Waals surface area contributed by atoms with E-state index in [4.69, 9.17) is 9.84 Å². The highest BCUT2D eigenvalue weighted by molar-refractivity contribution is 7.90. The van der Waals surface area contributed by atoms with Crippen LogP contribution in [-0.4, -0.2) is 68.9 Å². The summed E-state index contributed by atoms with van der Waals surface area (Å²) in [5, 5.41) is 9.00. The average Bonchev–Trinajstić information content (AvgIpc) is 2.19. The van der Waals surface area contributed by atoms with Crippen LogP contribution in [0.1, 0.15) is 13.3 Å². The molecule has 6 heteroatoms. The highest BCUT2D eigenvalue weighted by Gasteiger charge is 2.25. The maximum absolute atomic E-state index is 11.0. The minimum absolute atomic E-state index is 0.0231. The molecule has 1 rings (SSSR count). The molecule has 0 radical (unpaired) electrons. The van der Waals surface area contributed by atoms with Gasteiger partial charge >= 0.3 is 0 Å². The van der Waals surface area contributed by atoms with Crippen molar-refractivity contribution in [3.63, 3.8) is 0 Å². The molecule has 5 nitrogen and oxygen atoms in total. The summed E-state index contributed by atoms with van der Waals surface area (Å²) >= 11 is 0. The van der Waals surface area contributed by atoms with Crippen molar-refractivity contribution in [2.45, 2.75) is 25.5 Å². The zero-order chi connectivity index (χ0) is 12.2. The van der Waals surface area contributed by atoms with E-state index in [1.807, 2.05) is 6.92 Å². The van der Waals surface area contributed by atoms with Gasteiger partial charge in [-0.1, -0.05) is 0 Å². The molecule has 2 atom stereocenters. The van der Waals surface area contributed by atoms with E-state index in [1.54, 1.807) is 0 Å². The number of ether oxygens (including phenoxy) is 1. The predicted octanol–water partition coefficient (Wildman–Crippen LogP) is -0.497. The van der Waals surface area contributed by atoms with Crippen molar-refractivity contribution >= 4 is 9.84 Å². The predicted molar refractivity (Wildman–Crippen MR) is 62.2 cm³/mol. The molecule has 2 unspecified atom stereocenters. The van der Waals surface area contributed by atoms with Gasteiger partial charge in [0.1, 0.15) is 9.84 Å². The lowest BCUT2D eigenvalue weighted by atomic mass is 10.2. The molecule has 1 aliphatic rings. The van der Waals surface area contributed by atoms with Crippen molar-refractivity contribution in [1.82, 2.24) is 4.90 Å². The largest absolute Gasteiger partial charge is 0.394 e. The lowest BCUT2D eigenvalue weighted by Crippen LogP contribution is -2.49. The molecule has 0 bridgehead atoms. The Kier molecular flexibility index (Phi) is 5.17. The van der Waals surface area contributed by atoms with Gasteiger partial charge in [-0.25, -0.2) is 8.42 Å². The highest BCUT2D eigenvalue weighted by atomic mass is 32.2. The van der Waals surface area contributed by atoms with E-state index >= 15 is 0 Å². The first kappa shape index (κ1) is 13.9. The van der Waals surface area contributed by atoms with Gasteiger partial charge in [-0.15, -0.1) is 0 Å². The van der Waals surface area contributed by atoms with Crippen LogP contribution in [0.15, 0.2) is 0 Å². The molecular formula is C10H21NO4S. The molecule has 1 saturated heterocycles. The van der Waals surface area contributed by atoms with Gasteiger partial charge in [-0.05, 0) is 19.9 Å².